The lowest BCUT2D eigenvalue weighted by atomic mass is 10.1. The van der Waals surface area contributed by atoms with E-state index in [-0.39, 0.29) is 11.6 Å². The Bertz CT molecular complexity index is 1600. The molecule has 0 fully saturated rings. The van der Waals surface area contributed by atoms with Crippen molar-refractivity contribution in [3.63, 3.8) is 0 Å². The van der Waals surface area contributed by atoms with Crippen molar-refractivity contribution in [3.05, 3.63) is 112 Å². The average molecular weight is 539 g/mol. The first kappa shape index (κ1) is 27.1. The molecule has 206 valence electrons. The van der Waals surface area contributed by atoms with Crippen LogP contribution < -0.4 is 15.0 Å². The van der Waals surface area contributed by atoms with E-state index in [0.29, 0.717) is 31.8 Å². The smallest absolute Gasteiger partial charge is 0.252 e. The van der Waals surface area contributed by atoms with Crippen molar-refractivity contribution in [1.29, 1.82) is 0 Å². The topological polar surface area (TPSA) is 98.2 Å². The lowest BCUT2D eigenvalue weighted by Gasteiger charge is -2.30. The van der Waals surface area contributed by atoms with E-state index in [9.17, 15) is 4.79 Å². The zero-order valence-electron chi connectivity index (χ0n) is 23.1. The van der Waals surface area contributed by atoms with Crippen molar-refractivity contribution in [1.82, 2.24) is 30.1 Å². The Hall–Kier alpha value is -4.50. The molecule has 5 aromatic rings. The SMILES string of the molecule is CCOc1ccc2[nH]c(=O)c(CN(Cc3ccc(OC)cc3)[C@H](CC)c3nnnn3Cc3ccccc3)cc2c1. The number of tetrazole rings is 1. The number of H-pyrrole nitrogens is 1. The van der Waals surface area contributed by atoms with E-state index in [4.69, 9.17) is 9.47 Å². The Morgan fingerprint density at radius 1 is 0.925 bits per heavy atom. The minimum Gasteiger partial charge on any atom is -0.497 e. The zero-order chi connectivity index (χ0) is 27.9. The molecule has 5 rings (SSSR count). The lowest BCUT2D eigenvalue weighted by molar-refractivity contribution is 0.161. The molecule has 0 unspecified atom stereocenters. The molecule has 0 bridgehead atoms. The maximum Gasteiger partial charge on any atom is 0.252 e. The summed E-state index contributed by atoms with van der Waals surface area (Å²) in [6.45, 7) is 6.21. The van der Waals surface area contributed by atoms with E-state index in [1.54, 1.807) is 7.11 Å². The van der Waals surface area contributed by atoms with E-state index in [1.165, 1.54) is 0 Å². The van der Waals surface area contributed by atoms with Gasteiger partial charge >= 0.3 is 0 Å². The highest BCUT2D eigenvalue weighted by Gasteiger charge is 2.26. The van der Waals surface area contributed by atoms with Gasteiger partial charge in [0.2, 0.25) is 0 Å². The number of aromatic nitrogens is 5. The number of hydrogen-bond acceptors (Lipinski definition) is 7. The molecule has 0 aliphatic heterocycles. The first-order valence-electron chi connectivity index (χ1n) is 13.5. The van der Waals surface area contributed by atoms with Crippen LogP contribution in [0.25, 0.3) is 10.9 Å². The first-order chi connectivity index (χ1) is 19.6. The third-order valence-corrected chi connectivity index (χ3v) is 6.98. The highest BCUT2D eigenvalue weighted by atomic mass is 16.5. The minimum absolute atomic E-state index is 0.116. The Kier molecular flexibility index (Phi) is 8.51. The van der Waals surface area contributed by atoms with Gasteiger partial charge in [-0.05, 0) is 71.3 Å². The first-order valence-corrected chi connectivity index (χ1v) is 13.5. The normalized spacial score (nSPS) is 12.1. The van der Waals surface area contributed by atoms with Crippen LogP contribution in [0.1, 0.15) is 48.8 Å². The quantitative estimate of drug-likeness (QED) is 0.235. The number of fused-ring (bicyclic) bond motifs is 1. The Morgan fingerprint density at radius 3 is 2.42 bits per heavy atom. The van der Waals surface area contributed by atoms with Gasteiger partial charge in [-0.3, -0.25) is 9.69 Å². The van der Waals surface area contributed by atoms with Gasteiger partial charge in [0.25, 0.3) is 5.56 Å². The second-order valence-electron chi connectivity index (χ2n) is 9.66. The number of nitrogens with one attached hydrogen (secondary N) is 1. The maximum absolute atomic E-state index is 13.2. The third-order valence-electron chi connectivity index (χ3n) is 6.98. The molecule has 0 aliphatic carbocycles. The highest BCUT2D eigenvalue weighted by molar-refractivity contribution is 5.80. The van der Waals surface area contributed by atoms with Crippen LogP contribution in [0, 0.1) is 0 Å². The predicted molar refractivity (Wildman–Crippen MR) is 154 cm³/mol. The van der Waals surface area contributed by atoms with Gasteiger partial charge in [-0.25, -0.2) is 4.68 Å². The molecule has 40 heavy (non-hydrogen) atoms. The van der Waals surface area contributed by atoms with Crippen molar-refractivity contribution in [2.45, 2.75) is 45.9 Å². The predicted octanol–water partition coefficient (Wildman–Crippen LogP) is 5.12. The molecule has 0 saturated heterocycles. The van der Waals surface area contributed by atoms with Crippen LogP contribution in [0.3, 0.4) is 0 Å². The van der Waals surface area contributed by atoms with Gasteiger partial charge in [0.05, 0.1) is 26.3 Å². The molecule has 0 radical (unpaired) electrons. The van der Waals surface area contributed by atoms with Gasteiger partial charge in [0, 0.05) is 29.6 Å². The number of rotatable bonds is 12. The number of pyridine rings is 1. The number of aromatic amines is 1. The molecule has 0 amide bonds. The molecule has 0 aliphatic rings. The van der Waals surface area contributed by atoms with Crippen LogP contribution in [-0.4, -0.2) is 43.8 Å². The monoisotopic (exact) mass is 538 g/mol. The molecule has 0 spiro atoms. The Balaban J connectivity index is 1.51. The van der Waals surface area contributed by atoms with Crippen LogP contribution in [0.5, 0.6) is 11.5 Å². The maximum atomic E-state index is 13.2. The lowest BCUT2D eigenvalue weighted by Crippen LogP contribution is -2.32. The standard InChI is InChI=1S/C31H34N6O3/c1-4-29(30-33-34-35-37(30)20-22-9-7-6-8-10-22)36(19-23-11-13-26(39-3)14-12-23)21-25-17-24-18-27(40-5-2)15-16-28(24)32-31(25)38/h6-18,29H,4-5,19-21H2,1-3H3,(H,32,38)/t29-/m1/s1. The molecule has 1 N–H and O–H groups in total. The molecule has 2 heterocycles. The van der Waals surface area contributed by atoms with Crippen molar-refractivity contribution in [3.8, 4) is 11.5 Å². The van der Waals surface area contributed by atoms with Gasteiger partial charge in [-0.15, -0.1) is 5.10 Å². The summed E-state index contributed by atoms with van der Waals surface area (Å²) in [5.41, 5.74) is 3.53. The summed E-state index contributed by atoms with van der Waals surface area (Å²) in [5.74, 6) is 2.33. The Morgan fingerprint density at radius 2 is 1.70 bits per heavy atom. The number of ether oxygens (including phenoxy) is 2. The van der Waals surface area contributed by atoms with Crippen LogP contribution >= 0.6 is 0 Å². The minimum atomic E-state index is -0.134. The molecule has 9 nitrogen and oxygen atoms in total. The number of benzene rings is 3. The number of nitrogens with zero attached hydrogens (tertiary/aromatic N) is 5. The van der Waals surface area contributed by atoms with Crippen LogP contribution in [-0.2, 0) is 19.6 Å². The molecule has 9 heteroatoms. The number of hydrogen-bond donors (Lipinski definition) is 1. The van der Waals surface area contributed by atoms with Gasteiger partial charge < -0.3 is 14.5 Å². The summed E-state index contributed by atoms with van der Waals surface area (Å²) < 4.78 is 12.9. The molecule has 1 atom stereocenters. The molecule has 2 aromatic heterocycles. The van der Waals surface area contributed by atoms with E-state index in [1.807, 2.05) is 78.3 Å². The van der Waals surface area contributed by atoms with Crippen LogP contribution in [0.15, 0.2) is 83.7 Å². The molecule has 0 saturated carbocycles. The van der Waals surface area contributed by atoms with Crippen molar-refractivity contribution in [2.75, 3.05) is 13.7 Å². The summed E-state index contributed by atoms with van der Waals surface area (Å²) in [6.07, 6.45) is 0.755. The second-order valence-corrected chi connectivity index (χ2v) is 9.66. The van der Waals surface area contributed by atoms with Gasteiger partial charge in [0.15, 0.2) is 5.82 Å². The van der Waals surface area contributed by atoms with Crippen LogP contribution in [0.2, 0.25) is 0 Å². The van der Waals surface area contributed by atoms with Crippen molar-refractivity contribution < 1.29 is 9.47 Å². The van der Waals surface area contributed by atoms with Gasteiger partial charge in [-0.2, -0.15) is 0 Å². The number of methoxy groups -OCH3 is 1. The van der Waals surface area contributed by atoms with E-state index in [2.05, 4.69) is 44.5 Å². The largest absolute Gasteiger partial charge is 0.497 e. The van der Waals surface area contributed by atoms with E-state index < -0.39 is 0 Å². The summed E-state index contributed by atoms with van der Waals surface area (Å²) in [7, 11) is 1.66. The fourth-order valence-corrected chi connectivity index (χ4v) is 4.99. The summed E-state index contributed by atoms with van der Waals surface area (Å²) in [5, 5.41) is 13.7. The summed E-state index contributed by atoms with van der Waals surface area (Å²) in [6, 6.07) is 25.7. The van der Waals surface area contributed by atoms with Crippen LogP contribution in [0.4, 0.5) is 0 Å². The zero-order valence-corrected chi connectivity index (χ0v) is 23.1. The van der Waals surface area contributed by atoms with E-state index in [0.717, 1.165) is 45.8 Å². The molecular weight excluding hydrogens is 504 g/mol. The molecular formula is C31H34N6O3. The van der Waals surface area contributed by atoms with Gasteiger partial charge in [0.1, 0.15) is 11.5 Å². The van der Waals surface area contributed by atoms with Gasteiger partial charge in [-0.1, -0.05) is 49.4 Å². The summed E-state index contributed by atoms with van der Waals surface area (Å²) in [4.78, 5) is 18.6. The molecule has 3 aromatic carbocycles. The average Bonchev–Trinajstić information content (AvgIpc) is 3.42. The summed E-state index contributed by atoms with van der Waals surface area (Å²) >= 11 is 0. The third kappa shape index (κ3) is 6.21. The van der Waals surface area contributed by atoms with Crippen molar-refractivity contribution >= 4 is 10.9 Å². The fraction of sp³-hybridized carbons (Fsp3) is 0.290. The second kappa shape index (κ2) is 12.6. The fourth-order valence-electron chi connectivity index (χ4n) is 4.99. The van der Waals surface area contributed by atoms with Crippen molar-refractivity contribution in [2.24, 2.45) is 0 Å². The highest BCUT2D eigenvalue weighted by Crippen LogP contribution is 2.28. The Labute approximate surface area is 233 Å². The van der Waals surface area contributed by atoms with E-state index >= 15 is 0 Å².